The number of fused-ring (bicyclic) bond motifs is 7. The Bertz CT molecular complexity index is 2550. The van der Waals surface area contributed by atoms with E-state index in [9.17, 15) is 24.0 Å². The molecule has 4 aromatic rings. The molecule has 3 aliphatic heterocycles. The van der Waals surface area contributed by atoms with Crippen molar-refractivity contribution < 1.29 is 33.4 Å². The highest BCUT2D eigenvalue weighted by atomic mass is 32.1. The van der Waals surface area contributed by atoms with Crippen molar-refractivity contribution in [1.82, 2.24) is 45.0 Å². The molecule has 67 heavy (non-hydrogen) atoms. The van der Waals surface area contributed by atoms with Crippen molar-refractivity contribution in [2.45, 2.75) is 123 Å². The average molecular weight is 936 g/mol. The van der Waals surface area contributed by atoms with Gasteiger partial charge in [0.15, 0.2) is 0 Å². The smallest absolute Gasteiger partial charge is 0.324 e. The predicted molar refractivity (Wildman–Crippen MR) is 257 cm³/mol. The standard InChI is InChI=1S/C50H65N9O7S/c1-10-42(60)57-22-23-58(40-19-18-39(40)57)49(64)55(8)44(29(3)4)46(61)53-36-25-41-52-37(27-67-41)31-16-17-38-33(24-31)34(45(56(38)11-2)32-14-12-20-51-43(32)30(5)65-9)26-50(6,7)28-66-48(63)35-15-13-21-59(54-35)47(36)62/h10,12,14,16-17,20,24,27,29-30,35-36,39-40,44,54H,1,11,13,15,18-19,21-23,25-26,28H2,2-9H3,(H,53,61)/t30-,35-,36-,39-,40+,44?/m0/s1. The minimum Gasteiger partial charge on any atom is -0.464 e. The number of nitrogens with one attached hydrogen (secondary N) is 2. The van der Waals surface area contributed by atoms with Crippen molar-refractivity contribution in [1.29, 1.82) is 0 Å². The highest BCUT2D eigenvalue weighted by Crippen LogP contribution is 2.42. The number of benzene rings is 1. The summed E-state index contributed by atoms with van der Waals surface area (Å²) >= 11 is 1.41. The number of piperazine rings is 1. The zero-order valence-electron chi connectivity index (χ0n) is 40.0. The van der Waals surface area contributed by atoms with Crippen LogP contribution in [-0.4, -0.2) is 135 Å². The molecule has 1 saturated carbocycles. The van der Waals surface area contributed by atoms with Gasteiger partial charge < -0.3 is 34.1 Å². The lowest BCUT2D eigenvalue weighted by Gasteiger charge is -2.54. The topological polar surface area (TPSA) is 172 Å². The lowest BCUT2D eigenvalue weighted by atomic mass is 9.81. The fourth-order valence-corrected chi connectivity index (χ4v) is 11.3. The maximum absolute atomic E-state index is 14.7. The number of urea groups is 1. The lowest BCUT2D eigenvalue weighted by Crippen LogP contribution is -2.69. The number of methoxy groups -OCH3 is 1. The van der Waals surface area contributed by atoms with Crippen LogP contribution in [0.4, 0.5) is 4.79 Å². The molecule has 16 nitrogen and oxygen atoms in total. The average Bonchev–Trinajstić information content (AvgIpc) is 3.90. The van der Waals surface area contributed by atoms with Gasteiger partial charge in [-0.05, 0) is 87.8 Å². The summed E-state index contributed by atoms with van der Waals surface area (Å²) in [6, 6.07) is 7.08. The zero-order valence-corrected chi connectivity index (χ0v) is 40.9. The van der Waals surface area contributed by atoms with Crippen molar-refractivity contribution in [3.05, 3.63) is 70.8 Å². The van der Waals surface area contributed by atoms with Crippen molar-refractivity contribution in [3.8, 4) is 22.5 Å². The minimum atomic E-state index is -1.08. The number of pyridine rings is 1. The van der Waals surface area contributed by atoms with Crippen LogP contribution in [0.5, 0.6) is 0 Å². The van der Waals surface area contributed by atoms with E-state index in [1.54, 1.807) is 30.2 Å². The molecule has 8 rings (SSSR count). The van der Waals surface area contributed by atoms with Gasteiger partial charge >= 0.3 is 12.0 Å². The van der Waals surface area contributed by atoms with Crippen LogP contribution < -0.4 is 10.7 Å². The van der Waals surface area contributed by atoms with E-state index in [4.69, 9.17) is 19.4 Å². The third kappa shape index (κ3) is 9.34. The van der Waals surface area contributed by atoms with Crippen LogP contribution in [0.1, 0.15) is 89.6 Å². The normalized spacial score (nSPS) is 22.9. The Balaban J connectivity index is 1.14. The Morgan fingerprint density at radius 2 is 1.84 bits per heavy atom. The molecular formula is C50H65N9O7S. The monoisotopic (exact) mass is 935 g/mol. The quantitative estimate of drug-likeness (QED) is 0.147. The summed E-state index contributed by atoms with van der Waals surface area (Å²) in [6.45, 7) is 17.6. The summed E-state index contributed by atoms with van der Waals surface area (Å²) in [7, 11) is 3.31. The molecule has 358 valence electrons. The number of esters is 1. The van der Waals surface area contributed by atoms with Gasteiger partial charge in [0.25, 0.3) is 5.91 Å². The van der Waals surface area contributed by atoms with E-state index < -0.39 is 41.3 Å². The van der Waals surface area contributed by atoms with Gasteiger partial charge in [-0.15, -0.1) is 11.3 Å². The van der Waals surface area contributed by atoms with Gasteiger partial charge in [-0.25, -0.2) is 15.2 Å². The van der Waals surface area contributed by atoms with Crippen LogP contribution >= 0.6 is 11.3 Å². The number of ether oxygens (including phenoxy) is 2. The molecule has 5 amide bonds. The van der Waals surface area contributed by atoms with E-state index in [0.29, 0.717) is 50.4 Å². The molecule has 6 atom stereocenters. The zero-order chi connectivity index (χ0) is 47.9. The first-order valence-corrected chi connectivity index (χ1v) is 24.5. The lowest BCUT2D eigenvalue weighted by molar-refractivity contribution is -0.155. The minimum absolute atomic E-state index is 0.0770. The number of cyclic esters (lactones) is 1. The molecule has 1 aliphatic carbocycles. The summed E-state index contributed by atoms with van der Waals surface area (Å²) < 4.78 is 14.3. The fourth-order valence-electron chi connectivity index (χ4n) is 10.4. The second-order valence-corrected chi connectivity index (χ2v) is 20.4. The van der Waals surface area contributed by atoms with E-state index in [1.165, 1.54) is 27.3 Å². The molecule has 4 aliphatic rings. The number of aryl methyl sites for hydroxylation is 1. The highest BCUT2D eigenvalue weighted by molar-refractivity contribution is 7.10. The number of thiazole rings is 1. The molecule has 2 saturated heterocycles. The first kappa shape index (κ1) is 47.8. The Labute approximate surface area is 397 Å². The number of likely N-dealkylation sites (N-methyl/N-ethyl adjacent to an activating group) is 1. The highest BCUT2D eigenvalue weighted by Gasteiger charge is 2.48. The number of hydrogen-bond acceptors (Lipinski definition) is 11. The van der Waals surface area contributed by atoms with Crippen molar-refractivity contribution in [2.24, 2.45) is 11.3 Å². The maximum Gasteiger partial charge on any atom is 0.324 e. The Hall–Kier alpha value is -5.65. The Morgan fingerprint density at radius 3 is 2.54 bits per heavy atom. The molecule has 1 unspecified atom stereocenters. The summed E-state index contributed by atoms with van der Waals surface area (Å²) in [5.74, 6) is -1.82. The molecule has 0 radical (unpaired) electrons. The van der Waals surface area contributed by atoms with Crippen molar-refractivity contribution in [2.75, 3.05) is 40.4 Å². The van der Waals surface area contributed by atoms with Crippen LogP contribution in [0, 0.1) is 11.3 Å². The second-order valence-electron chi connectivity index (χ2n) is 19.5. The van der Waals surface area contributed by atoms with Crippen LogP contribution in [0.15, 0.2) is 54.6 Å². The molecule has 6 bridgehead atoms. The second kappa shape index (κ2) is 19.5. The summed E-state index contributed by atoms with van der Waals surface area (Å²) in [6.07, 6.45) is 6.05. The van der Waals surface area contributed by atoms with Gasteiger partial charge in [-0.1, -0.05) is 40.3 Å². The third-order valence-electron chi connectivity index (χ3n) is 14.1. The van der Waals surface area contributed by atoms with Gasteiger partial charge in [0.05, 0.1) is 46.9 Å². The summed E-state index contributed by atoms with van der Waals surface area (Å²) in [5, 5.41) is 8.14. The predicted octanol–water partition coefficient (Wildman–Crippen LogP) is 6.14. The first-order chi connectivity index (χ1) is 32.0. The Morgan fingerprint density at radius 1 is 1.09 bits per heavy atom. The molecule has 3 fully saturated rings. The molecule has 1 aromatic carbocycles. The van der Waals surface area contributed by atoms with Crippen molar-refractivity contribution >= 4 is 52.0 Å². The summed E-state index contributed by atoms with van der Waals surface area (Å²) in [5.41, 5.74) is 9.28. The number of carbonyl (C=O) groups excluding carboxylic acids is 5. The molecule has 6 heterocycles. The maximum atomic E-state index is 14.7. The van der Waals surface area contributed by atoms with Crippen LogP contribution in [0.2, 0.25) is 0 Å². The van der Waals surface area contributed by atoms with Crippen LogP contribution in [-0.2, 0) is 48.0 Å². The van der Waals surface area contributed by atoms with E-state index in [1.807, 2.05) is 32.2 Å². The van der Waals surface area contributed by atoms with Gasteiger partial charge in [-0.2, -0.15) is 0 Å². The van der Waals surface area contributed by atoms with Gasteiger partial charge in [0, 0.05) is 85.8 Å². The number of nitrogens with zero attached hydrogens (tertiary/aromatic N) is 7. The van der Waals surface area contributed by atoms with E-state index in [2.05, 4.69) is 66.9 Å². The van der Waals surface area contributed by atoms with Crippen LogP contribution in [0.25, 0.3) is 33.4 Å². The SMILES string of the molecule is C=CC(=O)N1CCN(C(=O)N(C)C(C(=O)N[C@H]2Cc3nc(cs3)-c3ccc4c(c3)c(c(-c3cccnc3[C@H](C)OC)n4CC)CC(C)(C)COC(=O)[C@@H]3CCCN(N3)C2=O)C(C)C)[C@@H]2CC[C@@H]21. The molecule has 0 spiro atoms. The number of aromatic nitrogens is 3. The number of hydrazine groups is 1. The largest absolute Gasteiger partial charge is 0.464 e. The summed E-state index contributed by atoms with van der Waals surface area (Å²) in [4.78, 5) is 85.0. The number of amides is 5. The number of carbonyl (C=O) groups is 5. The number of hydrogen-bond donors (Lipinski definition) is 2. The first-order valence-electron chi connectivity index (χ1n) is 23.6. The van der Waals surface area contributed by atoms with E-state index in [-0.39, 0.29) is 49.1 Å². The van der Waals surface area contributed by atoms with Crippen LogP contribution in [0.3, 0.4) is 0 Å². The van der Waals surface area contributed by atoms with E-state index in [0.717, 1.165) is 57.5 Å². The molecule has 2 N–H and O–H groups in total. The third-order valence-corrected chi connectivity index (χ3v) is 14.9. The Kier molecular flexibility index (Phi) is 13.9. The van der Waals surface area contributed by atoms with E-state index >= 15 is 0 Å². The van der Waals surface area contributed by atoms with Crippen molar-refractivity contribution in [3.63, 3.8) is 0 Å². The van der Waals surface area contributed by atoms with Gasteiger partial charge in [0.1, 0.15) is 18.1 Å². The molecule has 3 aromatic heterocycles. The fraction of sp³-hybridized carbons (Fsp3) is 0.540. The molecular weight excluding hydrogens is 871 g/mol. The number of rotatable bonds is 9. The molecule has 17 heteroatoms. The van der Waals surface area contributed by atoms with Gasteiger partial charge in [0.2, 0.25) is 11.8 Å². The van der Waals surface area contributed by atoms with Gasteiger partial charge in [-0.3, -0.25) is 29.2 Å².